The fourth-order valence-electron chi connectivity index (χ4n) is 2.87. The van der Waals surface area contributed by atoms with E-state index in [1.165, 1.54) is 10.7 Å². The van der Waals surface area contributed by atoms with Crippen molar-refractivity contribution in [3.8, 4) is 0 Å². The van der Waals surface area contributed by atoms with Crippen LogP contribution in [0.4, 0.5) is 0 Å². The van der Waals surface area contributed by atoms with Crippen molar-refractivity contribution in [1.29, 1.82) is 0 Å². The Morgan fingerprint density at radius 3 is 2.87 bits per heavy atom. The number of fused-ring (bicyclic) bond motifs is 1. The number of carboxylic acids is 1. The van der Waals surface area contributed by atoms with Crippen molar-refractivity contribution in [1.82, 2.24) is 14.9 Å². The monoisotopic (exact) mass is 337 g/mol. The Kier molecular flexibility index (Phi) is 4.23. The second-order valence-corrected chi connectivity index (χ2v) is 6.03. The minimum atomic E-state index is -0.954. The van der Waals surface area contributed by atoms with E-state index < -0.39 is 11.5 Å². The molecule has 1 fully saturated rings. The van der Waals surface area contributed by atoms with Gasteiger partial charge in [-0.3, -0.25) is 9.59 Å². The third-order valence-corrected chi connectivity index (χ3v) is 4.36. The molecule has 3 heterocycles. The third kappa shape index (κ3) is 3.16. The van der Waals surface area contributed by atoms with Crippen molar-refractivity contribution in [2.45, 2.75) is 24.8 Å². The van der Waals surface area contributed by atoms with Crippen LogP contribution in [0.1, 0.15) is 29.6 Å². The fourth-order valence-corrected chi connectivity index (χ4v) is 3.13. The minimum absolute atomic E-state index is 0.144. The molecular weight excluding hydrogens is 322 g/mol. The number of hydrogen-bond donors (Lipinski definition) is 2. The predicted molar refractivity (Wildman–Crippen MR) is 82.7 cm³/mol. The van der Waals surface area contributed by atoms with E-state index >= 15 is 0 Å². The van der Waals surface area contributed by atoms with Gasteiger partial charge < -0.3 is 15.2 Å². The Morgan fingerprint density at radius 1 is 1.43 bits per heavy atom. The van der Waals surface area contributed by atoms with Gasteiger partial charge >= 0.3 is 5.97 Å². The first-order chi connectivity index (χ1) is 11.0. The van der Waals surface area contributed by atoms with Crippen LogP contribution in [0.5, 0.6) is 0 Å². The van der Waals surface area contributed by atoms with Crippen molar-refractivity contribution < 1.29 is 19.4 Å². The van der Waals surface area contributed by atoms with E-state index in [0.29, 0.717) is 42.2 Å². The maximum atomic E-state index is 12.7. The average Bonchev–Trinajstić information content (AvgIpc) is 2.92. The summed E-state index contributed by atoms with van der Waals surface area (Å²) in [6, 6.07) is 3.41. The number of carbonyl (C=O) groups excluding carboxylic acids is 1. The van der Waals surface area contributed by atoms with Crippen molar-refractivity contribution in [2.24, 2.45) is 0 Å². The maximum Gasteiger partial charge on any atom is 0.305 e. The van der Waals surface area contributed by atoms with Crippen LogP contribution in [0.15, 0.2) is 24.5 Å². The lowest BCUT2D eigenvalue weighted by molar-refractivity contribution is -0.139. The summed E-state index contributed by atoms with van der Waals surface area (Å²) in [7, 11) is 0. The van der Waals surface area contributed by atoms with Gasteiger partial charge in [0.1, 0.15) is 0 Å². The van der Waals surface area contributed by atoms with E-state index in [-0.39, 0.29) is 12.3 Å². The van der Waals surface area contributed by atoms with Crippen molar-refractivity contribution in [3.05, 3.63) is 35.1 Å². The smallest absolute Gasteiger partial charge is 0.305 e. The van der Waals surface area contributed by atoms with Gasteiger partial charge in [-0.25, -0.2) is 4.52 Å². The summed E-state index contributed by atoms with van der Waals surface area (Å²) >= 11 is 6.15. The lowest BCUT2D eigenvalue weighted by Crippen LogP contribution is -2.53. The molecular formula is C15H16ClN3O4. The van der Waals surface area contributed by atoms with Crippen molar-refractivity contribution in [2.75, 3.05) is 13.2 Å². The van der Waals surface area contributed by atoms with E-state index in [4.69, 9.17) is 21.4 Å². The summed E-state index contributed by atoms with van der Waals surface area (Å²) in [6.07, 6.45) is 3.90. The lowest BCUT2D eigenvalue weighted by atomic mass is 9.86. The minimum Gasteiger partial charge on any atom is -0.481 e. The average molecular weight is 338 g/mol. The van der Waals surface area contributed by atoms with Crippen LogP contribution in [0.3, 0.4) is 0 Å². The molecule has 1 amide bonds. The second kappa shape index (κ2) is 6.17. The molecule has 0 unspecified atom stereocenters. The van der Waals surface area contributed by atoms with Gasteiger partial charge in [-0.2, -0.15) is 5.10 Å². The Morgan fingerprint density at radius 2 is 2.17 bits per heavy atom. The van der Waals surface area contributed by atoms with Crippen molar-refractivity contribution in [3.63, 3.8) is 0 Å². The SMILES string of the molecule is O=C(O)CC1(NC(=O)c2cnn3cccc(Cl)c23)CCOCC1. The second-order valence-electron chi connectivity index (χ2n) is 5.62. The van der Waals surface area contributed by atoms with Gasteiger partial charge in [-0.05, 0) is 25.0 Å². The normalized spacial score (nSPS) is 17.1. The molecule has 0 bridgehead atoms. The standard InChI is InChI=1S/C15H16ClN3O4/c16-11-2-1-5-19-13(11)10(9-17-19)14(22)18-15(8-12(20)21)3-6-23-7-4-15/h1-2,5,9H,3-4,6-8H2,(H,18,22)(H,20,21). The van der Waals surface area contributed by atoms with E-state index in [2.05, 4.69) is 10.4 Å². The van der Waals surface area contributed by atoms with Crippen LogP contribution in [-0.4, -0.2) is 45.3 Å². The topological polar surface area (TPSA) is 92.9 Å². The first kappa shape index (κ1) is 15.8. The number of carboxylic acid groups (broad SMARTS) is 1. The zero-order valence-electron chi connectivity index (χ0n) is 12.3. The van der Waals surface area contributed by atoms with Gasteiger partial charge in [0.25, 0.3) is 5.91 Å². The highest BCUT2D eigenvalue weighted by Gasteiger charge is 2.37. The molecule has 2 N–H and O–H groups in total. The number of rotatable bonds is 4. The number of ether oxygens (including phenoxy) is 1. The maximum absolute atomic E-state index is 12.7. The molecule has 122 valence electrons. The number of amides is 1. The quantitative estimate of drug-likeness (QED) is 0.886. The zero-order valence-corrected chi connectivity index (χ0v) is 13.0. The molecule has 2 aromatic rings. The van der Waals surface area contributed by atoms with Gasteiger partial charge in [-0.15, -0.1) is 0 Å². The fraction of sp³-hybridized carbons (Fsp3) is 0.400. The van der Waals surface area contributed by atoms with E-state index in [1.807, 2.05) is 0 Å². The third-order valence-electron chi connectivity index (χ3n) is 4.05. The molecule has 7 nitrogen and oxygen atoms in total. The first-order valence-corrected chi connectivity index (χ1v) is 7.62. The summed E-state index contributed by atoms with van der Waals surface area (Å²) in [5, 5.41) is 16.6. The molecule has 0 atom stereocenters. The number of halogens is 1. The van der Waals surface area contributed by atoms with E-state index in [0.717, 1.165) is 0 Å². The van der Waals surface area contributed by atoms with Crippen LogP contribution in [-0.2, 0) is 9.53 Å². The number of nitrogens with one attached hydrogen (secondary N) is 1. The molecule has 0 spiro atoms. The Hall–Kier alpha value is -2.12. The number of carbonyl (C=O) groups is 2. The van der Waals surface area contributed by atoms with Crippen molar-refractivity contribution >= 4 is 29.0 Å². The molecule has 0 saturated carbocycles. The van der Waals surface area contributed by atoms with Gasteiger partial charge in [0.2, 0.25) is 0 Å². The van der Waals surface area contributed by atoms with Crippen LogP contribution >= 0.6 is 11.6 Å². The van der Waals surface area contributed by atoms with Gasteiger partial charge in [0, 0.05) is 19.4 Å². The van der Waals surface area contributed by atoms with Gasteiger partial charge in [0.05, 0.1) is 34.3 Å². The molecule has 3 rings (SSSR count). The molecule has 8 heteroatoms. The first-order valence-electron chi connectivity index (χ1n) is 7.25. The summed E-state index contributed by atoms with van der Waals surface area (Å²) in [6.45, 7) is 0.839. The molecule has 0 aliphatic carbocycles. The zero-order chi connectivity index (χ0) is 16.4. The highest BCUT2D eigenvalue weighted by molar-refractivity contribution is 6.34. The van der Waals surface area contributed by atoms with Crippen LogP contribution in [0, 0.1) is 0 Å². The highest BCUT2D eigenvalue weighted by atomic mass is 35.5. The molecule has 1 aliphatic heterocycles. The molecule has 1 saturated heterocycles. The molecule has 23 heavy (non-hydrogen) atoms. The van der Waals surface area contributed by atoms with E-state index in [9.17, 15) is 9.59 Å². The molecule has 0 radical (unpaired) electrons. The highest BCUT2D eigenvalue weighted by Crippen LogP contribution is 2.27. The Bertz CT molecular complexity index is 752. The summed E-state index contributed by atoms with van der Waals surface area (Å²) < 4.78 is 6.81. The van der Waals surface area contributed by atoms with E-state index in [1.54, 1.807) is 18.3 Å². The van der Waals surface area contributed by atoms with Crippen LogP contribution in [0.2, 0.25) is 5.02 Å². The van der Waals surface area contributed by atoms with Crippen LogP contribution < -0.4 is 5.32 Å². The Balaban J connectivity index is 1.90. The van der Waals surface area contributed by atoms with Crippen LogP contribution in [0.25, 0.3) is 5.52 Å². The largest absolute Gasteiger partial charge is 0.481 e. The number of nitrogens with zero attached hydrogens (tertiary/aromatic N) is 2. The number of pyridine rings is 1. The predicted octanol–water partition coefficient (Wildman–Crippen LogP) is 1.74. The summed E-state index contributed by atoms with van der Waals surface area (Å²) in [5.74, 6) is -1.33. The Labute approximate surface area is 137 Å². The number of aliphatic carboxylic acids is 1. The molecule has 0 aromatic carbocycles. The molecule has 1 aliphatic rings. The number of hydrogen-bond acceptors (Lipinski definition) is 4. The lowest BCUT2D eigenvalue weighted by Gasteiger charge is -2.36. The molecule has 2 aromatic heterocycles. The summed E-state index contributed by atoms with van der Waals surface area (Å²) in [5.41, 5.74) is 0.0208. The number of aromatic nitrogens is 2. The van der Waals surface area contributed by atoms with Gasteiger partial charge in [0.15, 0.2) is 0 Å². The summed E-state index contributed by atoms with van der Waals surface area (Å²) in [4.78, 5) is 23.8. The van der Waals surface area contributed by atoms with Gasteiger partial charge in [-0.1, -0.05) is 11.6 Å².